The van der Waals surface area contributed by atoms with Gasteiger partial charge < -0.3 is 19.2 Å². The average Bonchev–Trinajstić information content (AvgIpc) is 2.59. The number of ether oxygens (including phenoxy) is 1. The largest absolute Gasteiger partial charge is 0.535 e. The van der Waals surface area contributed by atoms with Gasteiger partial charge in [0.1, 0.15) is 34.8 Å². The first-order valence-corrected chi connectivity index (χ1v) is 9.35. The molecule has 1 aliphatic heterocycles. The summed E-state index contributed by atoms with van der Waals surface area (Å²) in [6.07, 6.45) is 0.347. The van der Waals surface area contributed by atoms with Crippen LogP contribution in [0.1, 0.15) is 62.4 Å². The molecule has 150 valence electrons. The minimum Gasteiger partial charge on any atom is -0.535 e. The predicted octanol–water partition coefficient (Wildman–Crippen LogP) is 2.33. The molecule has 1 unspecified atom stereocenters. The molecule has 8 heteroatoms. The molecular weight excluding hydrogens is 363 g/mol. The highest BCUT2D eigenvalue weighted by molar-refractivity contribution is 6.47. The molecule has 0 aliphatic carbocycles. The maximum absolute atomic E-state index is 12.4. The van der Waals surface area contributed by atoms with Crippen molar-refractivity contribution in [1.29, 1.82) is 0 Å². The van der Waals surface area contributed by atoms with E-state index in [9.17, 15) is 24.2 Å². The lowest BCUT2D eigenvalue weighted by Gasteiger charge is -2.28. The van der Waals surface area contributed by atoms with Crippen LogP contribution in [0, 0.1) is 0 Å². The SMILES string of the molecule is CC(=O)CCC(=O)C[C@H]1Cc2cccc(C(=O)OC(C)CC(C)=O)c2OB1O. The molecule has 0 amide bonds. The molecule has 0 spiro atoms. The second-order valence-electron chi connectivity index (χ2n) is 7.33. The van der Waals surface area contributed by atoms with Gasteiger partial charge >= 0.3 is 13.1 Å². The Morgan fingerprint density at radius 2 is 1.93 bits per heavy atom. The van der Waals surface area contributed by atoms with E-state index in [1.54, 1.807) is 19.1 Å². The predicted molar refractivity (Wildman–Crippen MR) is 102 cm³/mol. The molecule has 0 fully saturated rings. The highest BCUT2D eigenvalue weighted by Gasteiger charge is 2.38. The molecule has 2 rings (SSSR count). The third kappa shape index (κ3) is 6.02. The van der Waals surface area contributed by atoms with Crippen LogP contribution in [0.4, 0.5) is 0 Å². The summed E-state index contributed by atoms with van der Waals surface area (Å²) >= 11 is 0. The van der Waals surface area contributed by atoms with Crippen molar-refractivity contribution in [3.8, 4) is 5.75 Å². The first kappa shape index (κ1) is 21.8. The molecule has 0 radical (unpaired) electrons. The summed E-state index contributed by atoms with van der Waals surface area (Å²) in [6, 6.07) is 4.98. The lowest BCUT2D eigenvalue weighted by Crippen LogP contribution is -2.36. The minimum absolute atomic E-state index is 0.0544. The Kier molecular flexibility index (Phi) is 7.51. The number of hydrogen-bond acceptors (Lipinski definition) is 7. The van der Waals surface area contributed by atoms with E-state index in [1.807, 2.05) is 0 Å². The van der Waals surface area contributed by atoms with Crippen LogP contribution in [0.2, 0.25) is 5.82 Å². The Balaban J connectivity index is 2.09. The van der Waals surface area contributed by atoms with Crippen LogP contribution in [0.15, 0.2) is 18.2 Å². The number of carbonyl (C=O) groups excluding carboxylic acids is 4. The van der Waals surface area contributed by atoms with E-state index in [1.165, 1.54) is 19.9 Å². The molecule has 0 bridgehead atoms. The lowest BCUT2D eigenvalue weighted by atomic mass is 9.64. The fourth-order valence-electron chi connectivity index (χ4n) is 3.22. The molecule has 1 aromatic carbocycles. The highest BCUT2D eigenvalue weighted by Crippen LogP contribution is 2.36. The number of esters is 1. The Morgan fingerprint density at radius 3 is 2.57 bits per heavy atom. The zero-order valence-corrected chi connectivity index (χ0v) is 16.4. The van der Waals surface area contributed by atoms with Gasteiger partial charge in [0.2, 0.25) is 0 Å². The third-order valence-corrected chi connectivity index (χ3v) is 4.57. The average molecular weight is 388 g/mol. The first-order valence-electron chi connectivity index (χ1n) is 9.35. The molecule has 0 saturated carbocycles. The number of fused-ring (bicyclic) bond motifs is 1. The normalized spacial score (nSPS) is 16.6. The summed E-state index contributed by atoms with van der Waals surface area (Å²) in [5, 5.41) is 10.3. The smallest absolute Gasteiger partial charge is 0.526 e. The van der Waals surface area contributed by atoms with Crippen molar-refractivity contribution in [1.82, 2.24) is 0 Å². The minimum atomic E-state index is -1.24. The van der Waals surface area contributed by atoms with Gasteiger partial charge in [-0.05, 0) is 38.8 Å². The molecule has 7 nitrogen and oxygen atoms in total. The monoisotopic (exact) mass is 388 g/mol. The maximum atomic E-state index is 12.4. The molecule has 1 N–H and O–H groups in total. The maximum Gasteiger partial charge on any atom is 0.526 e. The van der Waals surface area contributed by atoms with Crippen LogP contribution >= 0.6 is 0 Å². The fraction of sp³-hybridized carbons (Fsp3) is 0.500. The van der Waals surface area contributed by atoms with Gasteiger partial charge in [-0.15, -0.1) is 0 Å². The van der Waals surface area contributed by atoms with E-state index < -0.39 is 25.0 Å². The topological polar surface area (TPSA) is 107 Å². The first-order chi connectivity index (χ1) is 13.2. The summed E-state index contributed by atoms with van der Waals surface area (Å²) in [7, 11) is -1.24. The third-order valence-electron chi connectivity index (χ3n) is 4.57. The molecule has 28 heavy (non-hydrogen) atoms. The molecule has 1 aliphatic rings. The van der Waals surface area contributed by atoms with Gasteiger partial charge in [-0.25, -0.2) is 4.79 Å². The Bertz CT molecular complexity index is 774. The van der Waals surface area contributed by atoms with Crippen molar-refractivity contribution in [2.45, 2.75) is 64.8 Å². The number of Topliss-reactive ketones (excluding diaryl/α,β-unsaturated/α-hetero) is 3. The number of rotatable bonds is 9. The van der Waals surface area contributed by atoms with Crippen molar-refractivity contribution in [2.75, 3.05) is 0 Å². The van der Waals surface area contributed by atoms with Crippen LogP contribution in [-0.2, 0) is 25.5 Å². The Labute approximate surface area is 164 Å². The second-order valence-corrected chi connectivity index (χ2v) is 7.33. The summed E-state index contributed by atoms with van der Waals surface area (Å²) in [6.45, 7) is 4.49. The van der Waals surface area contributed by atoms with E-state index >= 15 is 0 Å². The van der Waals surface area contributed by atoms with Gasteiger partial charge in [0.25, 0.3) is 0 Å². The van der Waals surface area contributed by atoms with Gasteiger partial charge in [-0.3, -0.25) is 9.59 Å². The van der Waals surface area contributed by atoms with Gasteiger partial charge in [-0.2, -0.15) is 0 Å². The van der Waals surface area contributed by atoms with E-state index in [2.05, 4.69) is 0 Å². The van der Waals surface area contributed by atoms with Crippen LogP contribution in [0.25, 0.3) is 0 Å². The lowest BCUT2D eigenvalue weighted by molar-refractivity contribution is -0.123. The summed E-state index contributed by atoms with van der Waals surface area (Å²) in [5.41, 5.74) is 0.872. The molecule has 1 heterocycles. The molecule has 0 saturated heterocycles. The molecule has 1 aromatic rings. The van der Waals surface area contributed by atoms with Gasteiger partial charge in [0, 0.05) is 31.5 Å². The van der Waals surface area contributed by atoms with Gasteiger partial charge in [0.15, 0.2) is 0 Å². The molecule has 2 atom stereocenters. The van der Waals surface area contributed by atoms with Crippen molar-refractivity contribution in [2.24, 2.45) is 0 Å². The van der Waals surface area contributed by atoms with E-state index in [-0.39, 0.29) is 54.3 Å². The van der Waals surface area contributed by atoms with Gasteiger partial charge in [0.05, 0.1) is 0 Å². The van der Waals surface area contributed by atoms with Crippen LogP contribution in [0.5, 0.6) is 5.75 Å². The summed E-state index contributed by atoms with van der Waals surface area (Å²) in [4.78, 5) is 46.7. The second kappa shape index (κ2) is 9.64. The van der Waals surface area contributed by atoms with Crippen molar-refractivity contribution in [3.05, 3.63) is 29.3 Å². The summed E-state index contributed by atoms with van der Waals surface area (Å²) in [5.74, 6) is -1.09. The number of benzene rings is 1. The fourth-order valence-corrected chi connectivity index (χ4v) is 3.22. The number of carbonyl (C=O) groups is 4. The van der Waals surface area contributed by atoms with Crippen molar-refractivity contribution < 1.29 is 33.6 Å². The number of para-hydroxylation sites is 1. The zero-order chi connectivity index (χ0) is 20.8. The zero-order valence-electron chi connectivity index (χ0n) is 16.4. The molecular formula is C20H25BO7. The summed E-state index contributed by atoms with van der Waals surface area (Å²) < 4.78 is 10.8. The van der Waals surface area contributed by atoms with E-state index in [4.69, 9.17) is 9.39 Å². The van der Waals surface area contributed by atoms with Crippen molar-refractivity contribution in [3.63, 3.8) is 0 Å². The van der Waals surface area contributed by atoms with Crippen molar-refractivity contribution >= 4 is 30.4 Å². The van der Waals surface area contributed by atoms with E-state index in [0.29, 0.717) is 12.0 Å². The Hall–Kier alpha value is -2.48. The molecule has 0 aromatic heterocycles. The van der Waals surface area contributed by atoms with Crippen LogP contribution in [-0.4, -0.2) is 41.6 Å². The van der Waals surface area contributed by atoms with Crippen LogP contribution < -0.4 is 4.65 Å². The Morgan fingerprint density at radius 1 is 1.21 bits per heavy atom. The van der Waals surface area contributed by atoms with E-state index in [0.717, 1.165) is 0 Å². The van der Waals surface area contributed by atoms with Crippen LogP contribution in [0.3, 0.4) is 0 Å². The quantitative estimate of drug-likeness (QED) is 0.511. The number of hydrogen-bond donors (Lipinski definition) is 1. The standard InChI is InChI=1S/C20H25BO7/c1-12(22)7-8-17(24)11-16-10-15-5-4-6-18(19(15)28-21(16)26)20(25)27-14(3)9-13(2)23/h4-6,14,16,26H,7-11H2,1-3H3/t14?,16-/m1/s1. The number of ketones is 3. The highest BCUT2D eigenvalue weighted by atomic mass is 16.5. The van der Waals surface area contributed by atoms with Gasteiger partial charge in [-0.1, -0.05) is 12.1 Å².